The summed E-state index contributed by atoms with van der Waals surface area (Å²) in [4.78, 5) is 23.8. The zero-order chi connectivity index (χ0) is 21.2. The van der Waals surface area contributed by atoms with Gasteiger partial charge in [-0.3, -0.25) is 9.78 Å². The van der Waals surface area contributed by atoms with Gasteiger partial charge < -0.3 is 14.2 Å². The molecule has 31 heavy (non-hydrogen) atoms. The molecule has 2 aromatic heterocycles. The van der Waals surface area contributed by atoms with E-state index in [1.54, 1.807) is 19.5 Å². The van der Waals surface area contributed by atoms with Crippen molar-refractivity contribution in [3.63, 3.8) is 0 Å². The number of hydrogen-bond acceptors (Lipinski definition) is 6. The Hall–Kier alpha value is -3.22. The first kappa shape index (κ1) is 19.7. The molecule has 2 unspecified atom stereocenters. The standard InChI is InChI=1S/C24H26N4O3/c1-30-21-7-2-16(3-8-21)4-9-22(29)28-19-5-6-20(28)15-18(14-19)24-26-23(27-31-24)17-10-12-25-13-11-17/h2-3,7-8,10-13,18-20H,4-6,9,14-15H2,1H3. The molecule has 3 aromatic rings. The van der Waals surface area contributed by atoms with E-state index < -0.39 is 0 Å². The Bertz CT molecular complexity index is 1020. The number of amides is 1. The van der Waals surface area contributed by atoms with Crippen LogP contribution in [-0.2, 0) is 11.2 Å². The Morgan fingerprint density at radius 3 is 2.48 bits per heavy atom. The summed E-state index contributed by atoms with van der Waals surface area (Å²) in [5.41, 5.74) is 2.06. The molecule has 2 saturated heterocycles. The predicted octanol–water partition coefficient (Wildman–Crippen LogP) is 4.01. The Morgan fingerprint density at radius 2 is 1.81 bits per heavy atom. The third-order valence-corrected chi connectivity index (χ3v) is 6.54. The molecule has 1 aromatic carbocycles. The van der Waals surface area contributed by atoms with Crippen molar-refractivity contribution in [1.82, 2.24) is 20.0 Å². The van der Waals surface area contributed by atoms with Crippen molar-refractivity contribution in [3.05, 3.63) is 60.2 Å². The number of aryl methyl sites for hydroxylation is 1. The van der Waals surface area contributed by atoms with Gasteiger partial charge in [-0.25, -0.2) is 0 Å². The molecular weight excluding hydrogens is 392 g/mol. The van der Waals surface area contributed by atoms with Gasteiger partial charge in [-0.1, -0.05) is 17.3 Å². The number of fused-ring (bicyclic) bond motifs is 2. The van der Waals surface area contributed by atoms with E-state index in [4.69, 9.17) is 9.26 Å². The quantitative estimate of drug-likeness (QED) is 0.602. The zero-order valence-corrected chi connectivity index (χ0v) is 17.6. The van der Waals surface area contributed by atoms with Gasteiger partial charge in [-0.05, 0) is 61.9 Å². The summed E-state index contributed by atoms with van der Waals surface area (Å²) in [5, 5.41) is 4.16. The highest BCUT2D eigenvalue weighted by Gasteiger charge is 2.44. The van der Waals surface area contributed by atoms with Crippen LogP contribution in [0.15, 0.2) is 53.3 Å². The van der Waals surface area contributed by atoms with Gasteiger partial charge in [0.15, 0.2) is 0 Å². The van der Waals surface area contributed by atoms with Crippen LogP contribution in [0.1, 0.15) is 49.5 Å². The summed E-state index contributed by atoms with van der Waals surface area (Å²) in [7, 11) is 1.66. The highest BCUT2D eigenvalue weighted by Crippen LogP contribution is 2.43. The van der Waals surface area contributed by atoms with Crippen molar-refractivity contribution in [2.24, 2.45) is 0 Å². The zero-order valence-electron chi connectivity index (χ0n) is 17.6. The molecule has 4 heterocycles. The van der Waals surface area contributed by atoms with Gasteiger partial charge in [0.2, 0.25) is 17.6 Å². The van der Waals surface area contributed by atoms with Crippen molar-refractivity contribution in [3.8, 4) is 17.1 Å². The highest BCUT2D eigenvalue weighted by molar-refractivity contribution is 5.77. The minimum Gasteiger partial charge on any atom is -0.497 e. The number of ether oxygens (including phenoxy) is 1. The monoisotopic (exact) mass is 418 g/mol. The van der Waals surface area contributed by atoms with Gasteiger partial charge >= 0.3 is 0 Å². The average molecular weight is 418 g/mol. The maximum atomic E-state index is 13.0. The number of methoxy groups -OCH3 is 1. The fourth-order valence-corrected chi connectivity index (χ4v) is 4.98. The first-order chi connectivity index (χ1) is 15.2. The topological polar surface area (TPSA) is 81.4 Å². The molecule has 2 aliphatic rings. The molecule has 7 heteroatoms. The van der Waals surface area contributed by atoms with E-state index in [1.807, 2.05) is 36.4 Å². The maximum Gasteiger partial charge on any atom is 0.230 e. The first-order valence-corrected chi connectivity index (χ1v) is 10.9. The second-order valence-electron chi connectivity index (χ2n) is 8.39. The largest absolute Gasteiger partial charge is 0.497 e. The number of aromatic nitrogens is 3. The molecule has 0 N–H and O–H groups in total. The molecule has 2 atom stereocenters. The predicted molar refractivity (Wildman–Crippen MR) is 114 cm³/mol. The summed E-state index contributed by atoms with van der Waals surface area (Å²) >= 11 is 0. The normalized spacial score (nSPS) is 22.5. The van der Waals surface area contributed by atoms with Crippen LogP contribution < -0.4 is 4.74 Å². The van der Waals surface area contributed by atoms with Gasteiger partial charge in [0.25, 0.3) is 0 Å². The van der Waals surface area contributed by atoms with Crippen LogP contribution in [0.2, 0.25) is 0 Å². The van der Waals surface area contributed by atoms with Crippen LogP contribution in [0.4, 0.5) is 0 Å². The lowest BCUT2D eigenvalue weighted by Crippen LogP contribution is -2.46. The van der Waals surface area contributed by atoms with E-state index in [1.165, 1.54) is 0 Å². The summed E-state index contributed by atoms with van der Waals surface area (Å²) in [5.74, 6) is 2.59. The van der Waals surface area contributed by atoms with Gasteiger partial charge in [-0.15, -0.1) is 0 Å². The maximum absolute atomic E-state index is 13.0. The molecule has 2 fully saturated rings. The summed E-state index contributed by atoms with van der Waals surface area (Å²) in [6.07, 6.45) is 8.63. The van der Waals surface area contributed by atoms with Crippen LogP contribution >= 0.6 is 0 Å². The fourth-order valence-electron chi connectivity index (χ4n) is 4.98. The van der Waals surface area contributed by atoms with E-state index in [-0.39, 0.29) is 23.9 Å². The lowest BCUT2D eigenvalue weighted by molar-refractivity contribution is -0.135. The Kier molecular flexibility index (Phi) is 5.40. The van der Waals surface area contributed by atoms with Gasteiger partial charge in [-0.2, -0.15) is 4.98 Å². The van der Waals surface area contributed by atoms with Crippen molar-refractivity contribution in [2.75, 3.05) is 7.11 Å². The SMILES string of the molecule is COc1ccc(CCC(=O)N2C3CCC2CC(c2nc(-c4ccncc4)no2)C3)cc1. The number of carbonyl (C=O) groups is 1. The third kappa shape index (κ3) is 4.04. The molecule has 160 valence electrons. The third-order valence-electron chi connectivity index (χ3n) is 6.54. The number of nitrogens with zero attached hydrogens (tertiary/aromatic N) is 4. The molecule has 0 radical (unpaired) electrons. The molecule has 5 rings (SSSR count). The van der Waals surface area contributed by atoms with Crippen LogP contribution in [0.5, 0.6) is 5.75 Å². The lowest BCUT2D eigenvalue weighted by atomic mass is 9.90. The highest BCUT2D eigenvalue weighted by atomic mass is 16.5. The molecule has 0 aliphatic carbocycles. The smallest absolute Gasteiger partial charge is 0.230 e. The van der Waals surface area contributed by atoms with E-state index in [9.17, 15) is 4.79 Å². The Labute approximate surface area is 181 Å². The van der Waals surface area contributed by atoms with Crippen molar-refractivity contribution in [1.29, 1.82) is 0 Å². The minimum absolute atomic E-state index is 0.214. The number of rotatable bonds is 6. The molecule has 0 spiro atoms. The number of carbonyl (C=O) groups excluding carboxylic acids is 1. The van der Waals surface area contributed by atoms with Crippen LogP contribution in [-0.4, -0.2) is 45.1 Å². The van der Waals surface area contributed by atoms with E-state index >= 15 is 0 Å². The number of hydrogen-bond donors (Lipinski definition) is 0. The van der Waals surface area contributed by atoms with Crippen LogP contribution in [0.25, 0.3) is 11.4 Å². The lowest BCUT2D eigenvalue weighted by Gasteiger charge is -2.38. The molecule has 7 nitrogen and oxygen atoms in total. The van der Waals surface area contributed by atoms with E-state index in [0.717, 1.165) is 49.0 Å². The van der Waals surface area contributed by atoms with Crippen molar-refractivity contribution >= 4 is 5.91 Å². The average Bonchev–Trinajstić information content (AvgIpc) is 3.41. The van der Waals surface area contributed by atoms with Crippen molar-refractivity contribution in [2.45, 2.75) is 56.5 Å². The first-order valence-electron chi connectivity index (χ1n) is 10.9. The molecule has 2 bridgehead atoms. The summed E-state index contributed by atoms with van der Waals surface area (Å²) in [6.45, 7) is 0. The second-order valence-corrected chi connectivity index (χ2v) is 8.39. The Balaban J connectivity index is 1.21. The number of pyridine rings is 1. The number of benzene rings is 1. The van der Waals surface area contributed by atoms with Crippen molar-refractivity contribution < 1.29 is 14.1 Å². The summed E-state index contributed by atoms with van der Waals surface area (Å²) in [6, 6.07) is 12.2. The van der Waals surface area contributed by atoms with E-state index in [0.29, 0.717) is 18.1 Å². The Morgan fingerprint density at radius 1 is 1.10 bits per heavy atom. The van der Waals surface area contributed by atoms with Gasteiger partial charge in [0.05, 0.1) is 7.11 Å². The molecule has 2 aliphatic heterocycles. The minimum atomic E-state index is 0.214. The second kappa shape index (κ2) is 8.49. The molecule has 1 amide bonds. The van der Waals surface area contributed by atoms with Gasteiger partial charge in [0, 0.05) is 42.4 Å². The van der Waals surface area contributed by atoms with Crippen LogP contribution in [0, 0.1) is 0 Å². The number of piperidine rings is 1. The molecule has 0 saturated carbocycles. The van der Waals surface area contributed by atoms with Crippen LogP contribution in [0.3, 0.4) is 0 Å². The molecular formula is C24H26N4O3. The van der Waals surface area contributed by atoms with Gasteiger partial charge in [0.1, 0.15) is 5.75 Å². The fraction of sp³-hybridized carbons (Fsp3) is 0.417. The van der Waals surface area contributed by atoms with E-state index in [2.05, 4.69) is 20.0 Å². The summed E-state index contributed by atoms with van der Waals surface area (Å²) < 4.78 is 10.8.